The highest BCUT2D eigenvalue weighted by molar-refractivity contribution is 5.50. The van der Waals surface area contributed by atoms with Crippen molar-refractivity contribution in [2.45, 2.75) is 0 Å². The van der Waals surface area contributed by atoms with E-state index in [1.165, 1.54) is 37.4 Å². The lowest BCUT2D eigenvalue weighted by molar-refractivity contribution is -0.386. The highest BCUT2D eigenvalue weighted by Gasteiger charge is 2.18. The van der Waals surface area contributed by atoms with Crippen molar-refractivity contribution in [1.29, 1.82) is 5.26 Å². The summed E-state index contributed by atoms with van der Waals surface area (Å²) in [4.78, 5) is 14.1. The van der Waals surface area contributed by atoms with E-state index in [-0.39, 0.29) is 28.7 Å². The second-order valence-electron chi connectivity index (χ2n) is 3.93. The summed E-state index contributed by atoms with van der Waals surface area (Å²) in [6.45, 7) is 0. The quantitative estimate of drug-likeness (QED) is 0.674. The first-order valence-electron chi connectivity index (χ1n) is 5.71. The molecule has 0 aliphatic heterocycles. The molecule has 2 aromatic rings. The summed E-state index contributed by atoms with van der Waals surface area (Å²) in [5, 5.41) is 19.9. The topological polar surface area (TPSA) is 124 Å². The van der Waals surface area contributed by atoms with E-state index in [0.29, 0.717) is 5.75 Å². The number of aromatic nitrogens is 1. The maximum Gasteiger partial charge on any atom is 0.331 e. The zero-order chi connectivity index (χ0) is 15.4. The Bertz CT molecular complexity index is 739. The van der Waals surface area contributed by atoms with Crippen molar-refractivity contribution >= 4 is 11.5 Å². The number of anilines is 1. The largest absolute Gasteiger partial charge is 0.497 e. The minimum atomic E-state index is -0.632. The first-order chi connectivity index (χ1) is 10.0. The van der Waals surface area contributed by atoms with E-state index < -0.39 is 4.92 Å². The number of nitrogens with two attached hydrogens (primary N) is 1. The molecule has 0 bridgehead atoms. The van der Waals surface area contributed by atoms with Gasteiger partial charge < -0.3 is 15.2 Å². The van der Waals surface area contributed by atoms with E-state index in [1.54, 1.807) is 0 Å². The summed E-state index contributed by atoms with van der Waals surface area (Å²) in [6, 6.07) is 8.84. The van der Waals surface area contributed by atoms with Crippen LogP contribution in [0.2, 0.25) is 0 Å². The van der Waals surface area contributed by atoms with Gasteiger partial charge in [0.1, 0.15) is 17.3 Å². The minimum absolute atomic E-state index is 0.0824. The standard InChI is InChI=1S/C13H10N4O4/c1-20-9-4-8(7-14)5-10(6-9)21-13-11(17(18)19)2-3-12(15)16-13/h2-6H,1H3,(H2,15,16). The van der Waals surface area contributed by atoms with Crippen molar-refractivity contribution < 1.29 is 14.4 Å². The third kappa shape index (κ3) is 3.16. The number of nitro groups is 1. The third-order valence-electron chi connectivity index (χ3n) is 2.52. The van der Waals surface area contributed by atoms with Crippen LogP contribution in [0.4, 0.5) is 11.5 Å². The SMILES string of the molecule is COc1cc(C#N)cc(Oc2nc(N)ccc2[N+](=O)[O-])c1. The summed E-state index contributed by atoms with van der Waals surface area (Å²) in [5.74, 6) is 0.402. The van der Waals surface area contributed by atoms with Crippen LogP contribution in [-0.2, 0) is 0 Å². The zero-order valence-corrected chi connectivity index (χ0v) is 10.9. The lowest BCUT2D eigenvalue weighted by Crippen LogP contribution is -1.99. The van der Waals surface area contributed by atoms with Crippen LogP contribution < -0.4 is 15.2 Å². The van der Waals surface area contributed by atoms with Gasteiger partial charge in [-0.15, -0.1) is 0 Å². The molecule has 8 nitrogen and oxygen atoms in total. The Hall–Kier alpha value is -3.34. The third-order valence-corrected chi connectivity index (χ3v) is 2.52. The lowest BCUT2D eigenvalue weighted by atomic mass is 10.2. The predicted octanol–water partition coefficient (Wildman–Crippen LogP) is 2.24. The van der Waals surface area contributed by atoms with Gasteiger partial charge in [-0.1, -0.05) is 0 Å². The Morgan fingerprint density at radius 3 is 2.67 bits per heavy atom. The highest BCUT2D eigenvalue weighted by atomic mass is 16.6. The molecule has 8 heteroatoms. The molecular formula is C13H10N4O4. The van der Waals surface area contributed by atoms with Gasteiger partial charge in [-0.05, 0) is 18.2 Å². The van der Waals surface area contributed by atoms with Crippen molar-refractivity contribution in [3.05, 3.63) is 46.0 Å². The van der Waals surface area contributed by atoms with E-state index in [9.17, 15) is 10.1 Å². The average molecular weight is 286 g/mol. The monoisotopic (exact) mass is 286 g/mol. The molecule has 0 unspecified atom stereocenters. The molecule has 0 spiro atoms. The normalized spacial score (nSPS) is 9.71. The van der Waals surface area contributed by atoms with Crippen molar-refractivity contribution in [1.82, 2.24) is 4.98 Å². The molecule has 1 aromatic carbocycles. The fourth-order valence-electron chi connectivity index (χ4n) is 1.59. The molecule has 0 aliphatic rings. The average Bonchev–Trinajstić information content (AvgIpc) is 2.46. The molecule has 0 fully saturated rings. The Morgan fingerprint density at radius 2 is 2.05 bits per heavy atom. The first kappa shape index (κ1) is 14.1. The number of nitriles is 1. The molecule has 2 rings (SSSR count). The zero-order valence-electron chi connectivity index (χ0n) is 10.9. The number of methoxy groups -OCH3 is 1. The van der Waals surface area contributed by atoms with Gasteiger partial charge in [-0.3, -0.25) is 10.1 Å². The smallest absolute Gasteiger partial charge is 0.331 e. The molecule has 2 N–H and O–H groups in total. The van der Waals surface area contributed by atoms with Crippen LogP contribution >= 0.6 is 0 Å². The molecule has 0 atom stereocenters. The van der Waals surface area contributed by atoms with Crippen LogP contribution in [0.15, 0.2) is 30.3 Å². The number of benzene rings is 1. The van der Waals surface area contributed by atoms with Gasteiger partial charge in [0, 0.05) is 12.1 Å². The summed E-state index contributed by atoms with van der Waals surface area (Å²) >= 11 is 0. The Kier molecular flexibility index (Phi) is 3.85. The Labute approximate surface area is 119 Å². The summed E-state index contributed by atoms with van der Waals surface area (Å²) in [6.07, 6.45) is 0. The van der Waals surface area contributed by atoms with Gasteiger partial charge in [0.2, 0.25) is 0 Å². The van der Waals surface area contributed by atoms with Crippen molar-refractivity contribution in [2.75, 3.05) is 12.8 Å². The van der Waals surface area contributed by atoms with E-state index in [4.69, 9.17) is 20.5 Å². The van der Waals surface area contributed by atoms with Crippen LogP contribution in [0.3, 0.4) is 0 Å². The van der Waals surface area contributed by atoms with E-state index in [2.05, 4.69) is 4.98 Å². The second kappa shape index (κ2) is 5.75. The summed E-state index contributed by atoms with van der Waals surface area (Å²) in [5.41, 5.74) is 5.46. The highest BCUT2D eigenvalue weighted by Crippen LogP contribution is 2.32. The summed E-state index contributed by atoms with van der Waals surface area (Å²) in [7, 11) is 1.43. The number of hydrogen-bond donors (Lipinski definition) is 1. The van der Waals surface area contributed by atoms with Gasteiger partial charge in [-0.25, -0.2) is 0 Å². The van der Waals surface area contributed by atoms with Crippen molar-refractivity contribution in [3.63, 3.8) is 0 Å². The van der Waals surface area contributed by atoms with Gasteiger partial charge in [0.25, 0.3) is 0 Å². The van der Waals surface area contributed by atoms with Crippen molar-refractivity contribution in [3.8, 4) is 23.4 Å². The lowest BCUT2D eigenvalue weighted by Gasteiger charge is -2.08. The molecule has 0 radical (unpaired) electrons. The molecule has 0 saturated heterocycles. The fourth-order valence-corrected chi connectivity index (χ4v) is 1.59. The van der Waals surface area contributed by atoms with Gasteiger partial charge in [-0.2, -0.15) is 10.2 Å². The number of nitrogens with zero attached hydrogens (tertiary/aromatic N) is 3. The van der Waals surface area contributed by atoms with E-state index >= 15 is 0 Å². The molecule has 106 valence electrons. The summed E-state index contributed by atoms with van der Waals surface area (Å²) < 4.78 is 10.4. The van der Waals surface area contributed by atoms with Gasteiger partial charge in [0.15, 0.2) is 0 Å². The van der Waals surface area contributed by atoms with Gasteiger partial charge in [0.05, 0.1) is 23.7 Å². The molecule has 0 aliphatic carbocycles. The predicted molar refractivity (Wildman–Crippen MR) is 73.1 cm³/mol. The number of rotatable bonds is 4. The van der Waals surface area contributed by atoms with Crippen LogP contribution in [0.5, 0.6) is 17.4 Å². The Morgan fingerprint density at radius 1 is 1.33 bits per heavy atom. The number of nitrogen functional groups attached to an aromatic ring is 1. The number of pyridine rings is 1. The van der Waals surface area contributed by atoms with Crippen LogP contribution in [0.1, 0.15) is 5.56 Å². The molecule has 1 heterocycles. The van der Waals surface area contributed by atoms with E-state index in [1.807, 2.05) is 6.07 Å². The van der Waals surface area contributed by atoms with E-state index in [0.717, 1.165) is 0 Å². The first-order valence-corrected chi connectivity index (χ1v) is 5.71. The minimum Gasteiger partial charge on any atom is -0.497 e. The van der Waals surface area contributed by atoms with Crippen LogP contribution in [-0.4, -0.2) is 17.0 Å². The maximum absolute atomic E-state index is 10.9. The fraction of sp³-hybridized carbons (Fsp3) is 0.0769. The molecule has 21 heavy (non-hydrogen) atoms. The number of hydrogen-bond acceptors (Lipinski definition) is 7. The molecule has 1 aromatic heterocycles. The van der Waals surface area contributed by atoms with Crippen molar-refractivity contribution in [2.24, 2.45) is 0 Å². The number of ether oxygens (including phenoxy) is 2. The maximum atomic E-state index is 10.9. The molecular weight excluding hydrogens is 276 g/mol. The molecule has 0 amide bonds. The van der Waals surface area contributed by atoms with Crippen LogP contribution in [0.25, 0.3) is 0 Å². The molecule has 0 saturated carbocycles. The van der Waals surface area contributed by atoms with Gasteiger partial charge >= 0.3 is 11.6 Å². The Balaban J connectivity index is 2.45. The second-order valence-corrected chi connectivity index (χ2v) is 3.93. The van der Waals surface area contributed by atoms with Crippen LogP contribution in [0, 0.1) is 21.4 Å².